The van der Waals surface area contributed by atoms with Gasteiger partial charge in [-0.2, -0.15) is 0 Å². The van der Waals surface area contributed by atoms with Gasteiger partial charge < -0.3 is 15.4 Å². The molecular weight excluding hydrogens is 272 g/mol. The largest absolute Gasteiger partial charge is 0.493 e. The monoisotopic (exact) mass is 296 g/mol. The minimum absolute atomic E-state index is 0.00236. The smallest absolute Gasteiger partial charge is 0.124 e. The number of nitrogens with zero attached hydrogens (tertiary/aromatic N) is 1. The zero-order valence-corrected chi connectivity index (χ0v) is 13.6. The number of hydrogen-bond donors (Lipinski definition) is 1. The van der Waals surface area contributed by atoms with Crippen molar-refractivity contribution in [2.75, 3.05) is 26.2 Å². The van der Waals surface area contributed by atoms with Crippen LogP contribution in [0.25, 0.3) is 0 Å². The number of rotatable bonds is 4. The van der Waals surface area contributed by atoms with Crippen LogP contribution in [0.1, 0.15) is 36.6 Å². The summed E-state index contributed by atoms with van der Waals surface area (Å²) in [5.74, 6) is 1.23. The number of hydrogen-bond acceptors (Lipinski definition) is 3. The number of nitrogens with two attached hydrogens (primary N) is 1. The van der Waals surface area contributed by atoms with Gasteiger partial charge in [-0.25, -0.2) is 0 Å². The first kappa shape index (κ1) is 15.6. The molecule has 1 aliphatic rings. The lowest BCUT2D eigenvalue weighted by Gasteiger charge is -2.35. The standard InChI is InChI=1S/C16H25ClN2O/c1-5-19(6-2)8-12-9-20-13-7-10(3)15(17)11(4)14(13)16(12)18/h7,12,16H,5-6,8-9,18H2,1-4H3. The summed E-state index contributed by atoms with van der Waals surface area (Å²) in [5, 5.41) is 0.811. The van der Waals surface area contributed by atoms with Gasteiger partial charge in [0.15, 0.2) is 0 Å². The topological polar surface area (TPSA) is 38.5 Å². The highest BCUT2D eigenvalue weighted by Crippen LogP contribution is 2.40. The second kappa shape index (κ2) is 6.33. The highest BCUT2D eigenvalue weighted by molar-refractivity contribution is 6.32. The van der Waals surface area contributed by atoms with E-state index < -0.39 is 0 Å². The Morgan fingerprint density at radius 3 is 2.60 bits per heavy atom. The Labute approximate surface area is 127 Å². The molecule has 2 rings (SSSR count). The van der Waals surface area contributed by atoms with E-state index in [9.17, 15) is 0 Å². The van der Waals surface area contributed by atoms with Gasteiger partial charge in [-0.3, -0.25) is 0 Å². The minimum atomic E-state index is -0.00236. The van der Waals surface area contributed by atoms with Crippen molar-refractivity contribution in [1.29, 1.82) is 0 Å². The van der Waals surface area contributed by atoms with Crippen molar-refractivity contribution in [3.63, 3.8) is 0 Å². The molecule has 0 bridgehead atoms. The lowest BCUT2D eigenvalue weighted by Crippen LogP contribution is -2.40. The molecule has 4 heteroatoms. The van der Waals surface area contributed by atoms with E-state index in [0.29, 0.717) is 12.5 Å². The molecular formula is C16H25ClN2O. The van der Waals surface area contributed by atoms with Crippen molar-refractivity contribution < 1.29 is 4.74 Å². The molecule has 0 spiro atoms. The summed E-state index contributed by atoms with van der Waals surface area (Å²) in [6.07, 6.45) is 0. The molecule has 1 aromatic rings. The van der Waals surface area contributed by atoms with Crippen molar-refractivity contribution in [3.05, 3.63) is 27.8 Å². The van der Waals surface area contributed by atoms with E-state index in [1.165, 1.54) is 0 Å². The first-order valence-electron chi connectivity index (χ1n) is 7.39. The first-order valence-corrected chi connectivity index (χ1v) is 7.77. The first-order chi connectivity index (χ1) is 9.49. The molecule has 2 N–H and O–H groups in total. The van der Waals surface area contributed by atoms with Crippen LogP contribution in [0.2, 0.25) is 5.02 Å². The van der Waals surface area contributed by atoms with Crippen LogP contribution in [0, 0.1) is 19.8 Å². The SMILES string of the molecule is CCN(CC)CC1COc2cc(C)c(Cl)c(C)c2C1N. The summed E-state index contributed by atoms with van der Waals surface area (Å²) < 4.78 is 5.95. The molecule has 3 nitrogen and oxygen atoms in total. The van der Waals surface area contributed by atoms with Crippen LogP contribution in [-0.4, -0.2) is 31.1 Å². The van der Waals surface area contributed by atoms with E-state index in [0.717, 1.165) is 47.1 Å². The summed E-state index contributed by atoms with van der Waals surface area (Å²) in [6.45, 7) is 12.1. The number of aryl methyl sites for hydroxylation is 1. The highest BCUT2D eigenvalue weighted by atomic mass is 35.5. The molecule has 0 radical (unpaired) electrons. The lowest BCUT2D eigenvalue weighted by molar-refractivity contribution is 0.144. The van der Waals surface area contributed by atoms with E-state index in [1.54, 1.807) is 0 Å². The van der Waals surface area contributed by atoms with Crippen LogP contribution in [0.15, 0.2) is 6.07 Å². The predicted molar refractivity (Wildman–Crippen MR) is 84.6 cm³/mol. The molecule has 112 valence electrons. The van der Waals surface area contributed by atoms with E-state index >= 15 is 0 Å². The Morgan fingerprint density at radius 2 is 2.00 bits per heavy atom. The number of fused-ring (bicyclic) bond motifs is 1. The van der Waals surface area contributed by atoms with Crippen LogP contribution in [0.5, 0.6) is 5.75 Å². The van der Waals surface area contributed by atoms with Crippen molar-refractivity contribution in [2.24, 2.45) is 11.7 Å². The molecule has 2 unspecified atom stereocenters. The Bertz CT molecular complexity index is 486. The average molecular weight is 297 g/mol. The predicted octanol–water partition coefficient (Wildman–Crippen LogP) is 3.31. The van der Waals surface area contributed by atoms with Gasteiger partial charge in [0.2, 0.25) is 0 Å². The van der Waals surface area contributed by atoms with Crippen LogP contribution in [-0.2, 0) is 0 Å². The third kappa shape index (κ3) is 2.80. The second-order valence-electron chi connectivity index (χ2n) is 5.63. The summed E-state index contributed by atoms with van der Waals surface area (Å²) in [5.41, 5.74) is 9.71. The maximum Gasteiger partial charge on any atom is 0.124 e. The van der Waals surface area contributed by atoms with Gasteiger partial charge in [0.1, 0.15) is 5.75 Å². The second-order valence-corrected chi connectivity index (χ2v) is 6.00. The molecule has 20 heavy (non-hydrogen) atoms. The molecule has 0 amide bonds. The molecule has 2 atom stereocenters. The molecule has 0 aliphatic carbocycles. The molecule has 0 aromatic heterocycles. The summed E-state index contributed by atoms with van der Waals surface area (Å²) in [6, 6.07) is 2.01. The number of halogens is 1. The number of ether oxygens (including phenoxy) is 1. The van der Waals surface area contributed by atoms with Gasteiger partial charge in [-0.1, -0.05) is 25.4 Å². The number of benzene rings is 1. The fourth-order valence-electron chi connectivity index (χ4n) is 2.99. The highest BCUT2D eigenvalue weighted by Gasteiger charge is 2.31. The quantitative estimate of drug-likeness (QED) is 0.926. The molecule has 1 aliphatic heterocycles. The van der Waals surface area contributed by atoms with E-state index in [4.69, 9.17) is 22.1 Å². The fourth-order valence-corrected chi connectivity index (χ4v) is 3.14. The van der Waals surface area contributed by atoms with Gasteiger partial charge in [-0.05, 0) is 44.1 Å². The van der Waals surface area contributed by atoms with Gasteiger partial charge in [0.25, 0.3) is 0 Å². The zero-order chi connectivity index (χ0) is 14.9. The van der Waals surface area contributed by atoms with Crippen molar-refractivity contribution >= 4 is 11.6 Å². The Balaban J connectivity index is 2.29. The van der Waals surface area contributed by atoms with Crippen molar-refractivity contribution in [3.8, 4) is 5.75 Å². The van der Waals surface area contributed by atoms with Crippen LogP contribution >= 0.6 is 11.6 Å². The molecule has 0 fully saturated rings. The maximum atomic E-state index is 6.50. The van der Waals surface area contributed by atoms with Crippen LogP contribution in [0.3, 0.4) is 0 Å². The van der Waals surface area contributed by atoms with Crippen LogP contribution in [0.4, 0.5) is 0 Å². The maximum absolute atomic E-state index is 6.50. The van der Waals surface area contributed by atoms with E-state index in [2.05, 4.69) is 18.7 Å². The molecule has 1 heterocycles. The lowest BCUT2D eigenvalue weighted by atomic mass is 9.87. The fraction of sp³-hybridized carbons (Fsp3) is 0.625. The Kier molecular flexibility index (Phi) is 4.95. The van der Waals surface area contributed by atoms with Gasteiger partial charge in [0, 0.05) is 29.1 Å². The Hall–Kier alpha value is -0.770. The van der Waals surface area contributed by atoms with E-state index in [-0.39, 0.29) is 6.04 Å². The third-order valence-corrected chi connectivity index (χ3v) is 4.96. The van der Waals surface area contributed by atoms with Crippen molar-refractivity contribution in [1.82, 2.24) is 4.90 Å². The summed E-state index contributed by atoms with van der Waals surface area (Å²) in [7, 11) is 0. The van der Waals surface area contributed by atoms with Gasteiger partial charge in [-0.15, -0.1) is 0 Å². The normalized spacial score (nSPS) is 21.8. The molecule has 0 saturated heterocycles. The molecule has 0 saturated carbocycles. The summed E-state index contributed by atoms with van der Waals surface area (Å²) in [4.78, 5) is 2.39. The zero-order valence-electron chi connectivity index (χ0n) is 12.9. The van der Waals surface area contributed by atoms with Crippen LogP contribution < -0.4 is 10.5 Å². The Morgan fingerprint density at radius 1 is 1.35 bits per heavy atom. The third-order valence-electron chi connectivity index (χ3n) is 4.37. The van der Waals surface area contributed by atoms with Gasteiger partial charge >= 0.3 is 0 Å². The van der Waals surface area contributed by atoms with E-state index in [1.807, 2.05) is 19.9 Å². The van der Waals surface area contributed by atoms with Crippen molar-refractivity contribution in [2.45, 2.75) is 33.7 Å². The molecule has 1 aromatic carbocycles. The average Bonchev–Trinajstić information content (AvgIpc) is 2.44. The summed E-state index contributed by atoms with van der Waals surface area (Å²) >= 11 is 6.37. The van der Waals surface area contributed by atoms with Gasteiger partial charge in [0.05, 0.1) is 6.61 Å². The minimum Gasteiger partial charge on any atom is -0.493 e.